The lowest BCUT2D eigenvalue weighted by molar-refractivity contribution is -0.122. The fourth-order valence-electron chi connectivity index (χ4n) is 25.3. The van der Waals surface area contributed by atoms with Gasteiger partial charge in [-0.25, -0.2) is 48.1 Å². The largest absolute Gasteiger partial charge is 0.308 e. The molecule has 12 atom stereocenters. The molecule has 8 aliphatic carbocycles. The summed E-state index contributed by atoms with van der Waals surface area (Å²) in [5.41, 5.74) is 31.6. The molecule has 728 valence electrons. The predicted molar refractivity (Wildman–Crippen MR) is 582 cm³/mol. The Balaban J connectivity index is 0.000000116. The second-order valence-electron chi connectivity index (χ2n) is 41.9. The van der Waals surface area contributed by atoms with Crippen LogP contribution in [-0.2, 0) is 66.5 Å². The van der Waals surface area contributed by atoms with Crippen molar-refractivity contribution in [3.63, 3.8) is 0 Å². The van der Waals surface area contributed by atoms with E-state index in [0.29, 0.717) is 5.92 Å². The molecule has 10 aromatic carbocycles. The topological polar surface area (TPSA) is 196 Å². The zero-order valence-electron chi connectivity index (χ0n) is 84.9. The highest BCUT2D eigenvalue weighted by Crippen LogP contribution is 2.58. The third kappa shape index (κ3) is 17.1. The summed E-state index contributed by atoms with van der Waals surface area (Å²) in [4.78, 5) is 79.1. The highest BCUT2D eigenvalue weighted by atomic mass is 16.1. The number of Topliss-reactive ketones (excluding diaryl/α,β-unsaturated/α-hetero) is 4. The first-order chi connectivity index (χ1) is 71.7. The SMILES string of the molecule is [C-]#[N+]C1=C[C@@]2(C)c3c(c(-c4ccc(C)cc4)nn3-c3ccc(-c4ccccc4)cc3)CC[C@@H]2[C@@H](C)C1=O.[C-]#[N+]C1=C[C@@]2(C)c3c(c(-c4cccc(C(C)C)c4)nn3-c3ccc(-c4ccccc4)cc3)CC[C@@H]2[C@@H](C)C1=O.[C-]#[N+]C1=C[C@@]2(C)c3c(c(-c4cccnc4)nn3-c3ccc(-c4ccccc4)cc3)CC[C@@H]2[C@@H](C)C1=O.[C-]#[N+]C1=C[C@@]2(C)c3c(c(-c4cncnc4)nn3-c3ccc(-c4ccccc4)cc3)CC[C@@H]2[C@@H](C)C1=O. The summed E-state index contributed by atoms with van der Waals surface area (Å²) in [5, 5.41) is 20.8. The zero-order chi connectivity index (χ0) is 103. The fourth-order valence-corrected chi connectivity index (χ4v) is 25.3. The van der Waals surface area contributed by atoms with E-state index in [9.17, 15) is 19.2 Å². The number of ketones is 4. The first-order valence-electron chi connectivity index (χ1n) is 51.3. The molecule has 0 amide bonds. The molecule has 0 spiro atoms. The minimum atomic E-state index is -0.500. The highest BCUT2D eigenvalue weighted by Gasteiger charge is 2.56. The van der Waals surface area contributed by atoms with Gasteiger partial charge in [0.1, 0.15) is 6.33 Å². The number of carbonyl (C=O) groups excluding carboxylic acids is 4. The molecule has 24 rings (SSSR count). The maximum atomic E-state index is 13.0. The van der Waals surface area contributed by atoms with Crippen molar-refractivity contribution in [3.05, 3.63) is 459 Å². The van der Waals surface area contributed by atoms with Crippen molar-refractivity contribution in [3.8, 4) is 112 Å². The van der Waals surface area contributed by atoms with Gasteiger partial charge >= 0.3 is 0 Å². The van der Waals surface area contributed by atoms with Gasteiger partial charge in [-0.1, -0.05) is 311 Å². The molecule has 0 radical (unpaired) electrons. The molecule has 16 aromatic rings. The van der Waals surface area contributed by atoms with Crippen molar-refractivity contribution in [2.45, 2.75) is 155 Å². The molecule has 19 heteroatoms. The molecule has 0 bridgehead atoms. The van der Waals surface area contributed by atoms with Crippen LogP contribution in [0.1, 0.15) is 157 Å². The van der Waals surface area contributed by atoms with Crippen LogP contribution in [0.15, 0.2) is 357 Å². The van der Waals surface area contributed by atoms with Crippen molar-refractivity contribution in [1.29, 1.82) is 0 Å². The van der Waals surface area contributed by atoms with Gasteiger partial charge in [0, 0.05) is 115 Å². The average molecular weight is 1940 g/mol. The number of rotatable bonds is 13. The minimum Gasteiger partial charge on any atom is -0.308 e. The molecule has 6 heterocycles. The van der Waals surface area contributed by atoms with Gasteiger partial charge in [-0.05, 0) is 205 Å². The van der Waals surface area contributed by atoms with Crippen LogP contribution in [0.25, 0.3) is 132 Å². The number of nitrogens with zero attached hydrogens (tertiary/aromatic N) is 15. The Labute approximate surface area is 864 Å². The lowest BCUT2D eigenvalue weighted by Crippen LogP contribution is -2.46. The molecule has 19 nitrogen and oxygen atoms in total. The molecule has 0 saturated carbocycles. The van der Waals surface area contributed by atoms with Crippen LogP contribution in [0.2, 0.25) is 0 Å². The number of fused-ring (bicyclic) bond motifs is 12. The van der Waals surface area contributed by atoms with Crippen LogP contribution in [0, 0.1) is 80.6 Å². The Hall–Kier alpha value is -17.1. The van der Waals surface area contributed by atoms with Crippen LogP contribution in [0.3, 0.4) is 0 Å². The van der Waals surface area contributed by atoms with E-state index < -0.39 is 21.7 Å². The second-order valence-corrected chi connectivity index (χ2v) is 41.9. The number of aryl methyl sites for hydroxylation is 1. The standard InChI is InChI=1S/C35H33N3O.C33H29N3O.C31H26N4O.C30H25N5O/c1-22(2)26-12-9-13-27(20-26)32-29-18-19-30-23(3)33(39)31(36-5)21-35(30,4)34(29)38(37-32)28-16-14-25(15-17-28)24-10-7-6-8-11-24;1-21-10-12-25(13-11-21)30-27-18-19-28-22(2)31(37)29(34-4)20-33(28,3)32(27)36(35-30)26-16-14-24(15-17-26)23-8-6-5-7-9-23;1-20-26-16-15-25-28(23-10-7-17-33-19-23)34-35(30(25)31(26,2)18-27(32-3)29(20)36)24-13-11-22(12-14-24)21-8-5-4-6-9-21;1-19-25-14-13-24-27(22-16-32-18-33-17-22)34-35(29(24)30(25,2)15-26(31-3)28(19)36)23-11-9-21(10-12-23)20-7-5-4-6-8-20/h6-17,20-23,30H,18-19H2,1-4H3;5-17,20,22,28H,18-19H2,1-3H3;4-14,17-20,26H,15-16H2,1-2H3;4-12,15-19,25H,13-14H2,1-2H3/t23-,30-,35-;22-,28-,33-;20-,26-,31-;19-,25-,30-/m1111/s1. The molecular formula is C129H113N15O4. The van der Waals surface area contributed by atoms with Gasteiger partial charge in [0.05, 0.1) is 94.6 Å². The highest BCUT2D eigenvalue weighted by molar-refractivity contribution is 6.03. The van der Waals surface area contributed by atoms with Crippen LogP contribution in [-0.4, -0.2) is 77.2 Å². The first kappa shape index (κ1) is 97.0. The molecule has 0 N–H and O–H groups in total. The Morgan fingerprint density at radius 1 is 0.297 bits per heavy atom. The third-order valence-electron chi connectivity index (χ3n) is 33.0. The van der Waals surface area contributed by atoms with Crippen molar-refractivity contribution < 1.29 is 19.2 Å². The summed E-state index contributed by atoms with van der Waals surface area (Å²) in [6.07, 6.45) is 23.3. The summed E-state index contributed by atoms with van der Waals surface area (Å²) < 4.78 is 8.22. The van der Waals surface area contributed by atoms with E-state index in [-0.39, 0.29) is 93.3 Å². The van der Waals surface area contributed by atoms with Crippen molar-refractivity contribution >= 4 is 23.1 Å². The molecule has 0 unspecified atom stereocenters. The van der Waals surface area contributed by atoms with Gasteiger partial charge in [0.25, 0.3) is 0 Å². The summed E-state index contributed by atoms with van der Waals surface area (Å²) in [6, 6.07) is 96.5. The van der Waals surface area contributed by atoms with E-state index in [1.165, 1.54) is 50.8 Å². The summed E-state index contributed by atoms with van der Waals surface area (Å²) in [5.74, 6) is -0.0834. The van der Waals surface area contributed by atoms with Crippen LogP contribution in [0.5, 0.6) is 0 Å². The quantitative estimate of drug-likeness (QED) is 0.0996. The van der Waals surface area contributed by atoms with Crippen LogP contribution in [0.4, 0.5) is 0 Å². The van der Waals surface area contributed by atoms with Crippen LogP contribution >= 0.6 is 0 Å². The first-order valence-corrected chi connectivity index (χ1v) is 51.3. The van der Waals surface area contributed by atoms with Gasteiger partial charge in [0.15, 0.2) is 23.1 Å². The van der Waals surface area contributed by atoms with E-state index in [1.807, 2.05) is 128 Å². The molecule has 0 aliphatic heterocycles. The van der Waals surface area contributed by atoms with E-state index >= 15 is 0 Å². The third-order valence-corrected chi connectivity index (χ3v) is 33.0. The smallest absolute Gasteiger partial charge is 0.226 e. The van der Waals surface area contributed by atoms with Crippen LogP contribution < -0.4 is 0 Å². The monoisotopic (exact) mass is 1940 g/mol. The Morgan fingerprint density at radius 2 is 0.554 bits per heavy atom. The van der Waals surface area contributed by atoms with Gasteiger partial charge in [-0.15, -0.1) is 0 Å². The van der Waals surface area contributed by atoms with E-state index in [4.69, 9.17) is 46.7 Å². The average Bonchev–Trinajstić information content (AvgIpc) is 1.54. The summed E-state index contributed by atoms with van der Waals surface area (Å²) in [6.45, 7) is 53.9. The predicted octanol–water partition coefficient (Wildman–Crippen LogP) is 27.8. The van der Waals surface area contributed by atoms with Crippen molar-refractivity contribution in [1.82, 2.24) is 54.1 Å². The van der Waals surface area contributed by atoms with E-state index in [2.05, 4.69) is 311 Å². The molecular weight excluding hydrogens is 1820 g/mol. The van der Waals surface area contributed by atoms with Gasteiger partial charge in [0.2, 0.25) is 22.8 Å². The van der Waals surface area contributed by atoms with Crippen molar-refractivity contribution in [2.75, 3.05) is 0 Å². The lowest BCUT2D eigenvalue weighted by Gasteiger charge is -2.45. The number of pyridine rings is 1. The molecule has 6 aromatic heterocycles. The molecule has 8 aliphatic rings. The van der Waals surface area contributed by atoms with E-state index in [0.717, 1.165) is 175 Å². The van der Waals surface area contributed by atoms with E-state index in [1.54, 1.807) is 18.6 Å². The Kier molecular flexibility index (Phi) is 25.8. The summed E-state index contributed by atoms with van der Waals surface area (Å²) >= 11 is 0. The number of allylic oxidation sites excluding steroid dienone is 8. The molecule has 0 fully saturated rings. The van der Waals surface area contributed by atoms with Gasteiger partial charge < -0.3 is 19.2 Å². The lowest BCUT2D eigenvalue weighted by atomic mass is 9.58. The number of benzene rings is 10. The van der Waals surface area contributed by atoms with Crippen molar-refractivity contribution in [2.24, 2.45) is 47.3 Å². The second kappa shape index (κ2) is 39.4. The maximum Gasteiger partial charge on any atom is 0.226 e. The minimum absolute atomic E-state index is 0.0286. The number of aromatic nitrogens is 11. The number of carbonyl (C=O) groups is 4. The zero-order valence-corrected chi connectivity index (χ0v) is 84.9. The summed E-state index contributed by atoms with van der Waals surface area (Å²) in [7, 11) is 0. The Morgan fingerprint density at radius 3 is 0.838 bits per heavy atom. The number of hydrogen-bond acceptors (Lipinski definition) is 11. The Bertz CT molecular complexity index is 7960. The van der Waals surface area contributed by atoms with Gasteiger partial charge in [-0.3, -0.25) is 4.98 Å². The molecule has 148 heavy (non-hydrogen) atoms. The van der Waals surface area contributed by atoms with Gasteiger partial charge in [-0.2, -0.15) is 20.4 Å². The fraction of sp³-hybridized carbons (Fsp3) is 0.248. The molecule has 0 saturated heterocycles. The number of hydrogen-bond donors (Lipinski definition) is 0. The maximum absolute atomic E-state index is 13.0. The normalized spacial score (nSPS) is 22.6.